The van der Waals surface area contributed by atoms with E-state index in [9.17, 15) is 0 Å². The maximum absolute atomic E-state index is 4.71. The molecular formula is C12H21N3S. The molecule has 1 atom stereocenters. The maximum atomic E-state index is 4.71. The highest BCUT2D eigenvalue weighted by Crippen LogP contribution is 2.32. The molecule has 0 radical (unpaired) electrons. The second-order valence-electron chi connectivity index (χ2n) is 4.57. The number of rotatable bonds is 6. The normalized spacial score (nSPS) is 17.4. The largest absolute Gasteiger partial charge is 0.348 e. The fourth-order valence-corrected chi connectivity index (χ4v) is 2.68. The zero-order chi connectivity index (χ0) is 11.5. The first kappa shape index (κ1) is 11.9. The van der Waals surface area contributed by atoms with Crippen molar-refractivity contribution in [3.05, 3.63) is 11.1 Å². The molecule has 3 nitrogen and oxygen atoms in total. The third-order valence-electron chi connectivity index (χ3n) is 3.05. The lowest BCUT2D eigenvalue weighted by molar-refractivity contribution is 0.561. The van der Waals surface area contributed by atoms with E-state index in [1.807, 2.05) is 0 Å². The summed E-state index contributed by atoms with van der Waals surface area (Å²) in [5, 5.41) is 6.82. The molecule has 4 heteroatoms. The van der Waals surface area contributed by atoms with Crippen LogP contribution in [0.3, 0.4) is 0 Å². The summed E-state index contributed by atoms with van der Waals surface area (Å²) in [7, 11) is 2.16. The van der Waals surface area contributed by atoms with Crippen molar-refractivity contribution in [3.8, 4) is 0 Å². The number of hydrogen-bond donors (Lipinski definition) is 1. The molecule has 1 aliphatic rings. The Kier molecular flexibility index (Phi) is 3.82. The van der Waals surface area contributed by atoms with Gasteiger partial charge in [-0.25, -0.2) is 4.98 Å². The summed E-state index contributed by atoms with van der Waals surface area (Å²) in [6.07, 6.45) is 3.83. The van der Waals surface area contributed by atoms with Crippen LogP contribution < -0.4 is 10.2 Å². The third kappa shape index (κ3) is 2.74. The van der Waals surface area contributed by atoms with Crippen LogP contribution in [0, 0.1) is 0 Å². The third-order valence-corrected chi connectivity index (χ3v) is 4.00. The van der Waals surface area contributed by atoms with Crippen molar-refractivity contribution in [2.45, 2.75) is 45.2 Å². The van der Waals surface area contributed by atoms with Crippen LogP contribution in [0.25, 0.3) is 0 Å². The molecule has 1 fully saturated rings. The molecule has 1 unspecified atom stereocenters. The lowest BCUT2D eigenvalue weighted by atomic mass is 10.2. The van der Waals surface area contributed by atoms with E-state index < -0.39 is 0 Å². The molecule has 0 aliphatic heterocycles. The van der Waals surface area contributed by atoms with Crippen molar-refractivity contribution in [1.82, 2.24) is 10.3 Å². The van der Waals surface area contributed by atoms with Crippen molar-refractivity contribution in [2.24, 2.45) is 0 Å². The average Bonchev–Trinajstić information content (AvgIpc) is 3.02. The Labute approximate surface area is 102 Å². The van der Waals surface area contributed by atoms with Gasteiger partial charge in [-0.3, -0.25) is 0 Å². The van der Waals surface area contributed by atoms with Crippen LogP contribution in [-0.4, -0.2) is 24.6 Å². The molecule has 1 aliphatic carbocycles. The second kappa shape index (κ2) is 5.15. The van der Waals surface area contributed by atoms with Gasteiger partial charge in [0.2, 0.25) is 0 Å². The van der Waals surface area contributed by atoms with Gasteiger partial charge in [-0.1, -0.05) is 6.92 Å². The molecule has 0 spiro atoms. The van der Waals surface area contributed by atoms with Crippen LogP contribution in [0.4, 0.5) is 5.13 Å². The molecular weight excluding hydrogens is 218 g/mol. The van der Waals surface area contributed by atoms with Gasteiger partial charge in [0.25, 0.3) is 0 Å². The van der Waals surface area contributed by atoms with Crippen LogP contribution in [-0.2, 0) is 0 Å². The molecule has 1 aromatic heterocycles. The zero-order valence-corrected chi connectivity index (χ0v) is 11.2. The number of nitrogens with zero attached hydrogens (tertiary/aromatic N) is 2. The fraction of sp³-hybridized carbons (Fsp3) is 0.750. The van der Waals surface area contributed by atoms with Gasteiger partial charge in [-0.05, 0) is 32.7 Å². The topological polar surface area (TPSA) is 28.2 Å². The van der Waals surface area contributed by atoms with Crippen LogP contribution in [0.5, 0.6) is 0 Å². The number of anilines is 1. The first-order valence-corrected chi connectivity index (χ1v) is 7.02. The van der Waals surface area contributed by atoms with Gasteiger partial charge in [0, 0.05) is 24.5 Å². The predicted molar refractivity (Wildman–Crippen MR) is 70.2 cm³/mol. The minimum absolute atomic E-state index is 0.373. The standard InChI is InChI=1S/C12H21N3S/c1-4-7-13-9(2)11-8-16-12(14-11)15(3)10-5-6-10/h8-10,13H,4-7H2,1-3H3. The van der Waals surface area contributed by atoms with Gasteiger partial charge in [0.05, 0.1) is 5.69 Å². The molecule has 1 saturated carbocycles. The molecule has 0 aromatic carbocycles. The molecule has 2 rings (SSSR count). The summed E-state index contributed by atoms with van der Waals surface area (Å²) in [6.45, 7) is 5.44. The zero-order valence-electron chi connectivity index (χ0n) is 10.4. The van der Waals surface area contributed by atoms with Crippen LogP contribution >= 0.6 is 11.3 Å². The van der Waals surface area contributed by atoms with E-state index in [1.54, 1.807) is 11.3 Å². The van der Waals surface area contributed by atoms with Gasteiger partial charge in [0.1, 0.15) is 0 Å². The minimum Gasteiger partial charge on any atom is -0.348 e. The first-order valence-electron chi connectivity index (χ1n) is 6.14. The van der Waals surface area contributed by atoms with E-state index >= 15 is 0 Å². The number of thiazole rings is 1. The number of nitrogens with one attached hydrogen (secondary N) is 1. The van der Waals surface area contributed by atoms with Gasteiger partial charge >= 0.3 is 0 Å². The summed E-state index contributed by atoms with van der Waals surface area (Å²) < 4.78 is 0. The maximum Gasteiger partial charge on any atom is 0.185 e. The van der Waals surface area contributed by atoms with Gasteiger partial charge in [-0.15, -0.1) is 11.3 Å². The van der Waals surface area contributed by atoms with E-state index in [-0.39, 0.29) is 0 Å². The van der Waals surface area contributed by atoms with Crippen LogP contribution in [0.1, 0.15) is 44.8 Å². The Morgan fingerprint density at radius 3 is 3.00 bits per heavy atom. The second-order valence-corrected chi connectivity index (χ2v) is 5.41. The van der Waals surface area contributed by atoms with E-state index in [0.717, 1.165) is 12.6 Å². The highest BCUT2D eigenvalue weighted by molar-refractivity contribution is 7.13. The van der Waals surface area contributed by atoms with Gasteiger partial charge in [0.15, 0.2) is 5.13 Å². The molecule has 0 bridgehead atoms. The van der Waals surface area contributed by atoms with Crippen LogP contribution in [0.15, 0.2) is 5.38 Å². The quantitative estimate of drug-likeness (QED) is 0.827. The van der Waals surface area contributed by atoms with Crippen molar-refractivity contribution >= 4 is 16.5 Å². The molecule has 0 amide bonds. The predicted octanol–water partition coefficient (Wildman–Crippen LogP) is 2.80. The first-order chi connectivity index (χ1) is 7.72. The van der Waals surface area contributed by atoms with E-state index in [2.05, 4.69) is 36.5 Å². The Morgan fingerprint density at radius 2 is 2.38 bits per heavy atom. The van der Waals surface area contributed by atoms with Crippen molar-refractivity contribution in [1.29, 1.82) is 0 Å². The summed E-state index contributed by atoms with van der Waals surface area (Å²) in [5.41, 5.74) is 1.18. The van der Waals surface area contributed by atoms with E-state index in [1.165, 1.54) is 30.1 Å². The molecule has 0 saturated heterocycles. The SMILES string of the molecule is CCCNC(C)c1csc(N(C)C2CC2)n1. The smallest absolute Gasteiger partial charge is 0.185 e. The Morgan fingerprint density at radius 1 is 1.62 bits per heavy atom. The van der Waals surface area contributed by atoms with Crippen molar-refractivity contribution < 1.29 is 0 Å². The van der Waals surface area contributed by atoms with E-state index in [4.69, 9.17) is 4.98 Å². The molecule has 16 heavy (non-hydrogen) atoms. The monoisotopic (exact) mass is 239 g/mol. The number of aromatic nitrogens is 1. The van der Waals surface area contributed by atoms with Crippen molar-refractivity contribution in [3.63, 3.8) is 0 Å². The van der Waals surface area contributed by atoms with Crippen molar-refractivity contribution in [2.75, 3.05) is 18.5 Å². The summed E-state index contributed by atoms with van der Waals surface area (Å²) in [5.74, 6) is 0. The minimum atomic E-state index is 0.373. The highest BCUT2D eigenvalue weighted by atomic mass is 32.1. The number of hydrogen-bond acceptors (Lipinski definition) is 4. The Balaban J connectivity index is 1.95. The van der Waals surface area contributed by atoms with Gasteiger partial charge < -0.3 is 10.2 Å². The summed E-state index contributed by atoms with van der Waals surface area (Å²) >= 11 is 1.76. The average molecular weight is 239 g/mol. The fourth-order valence-electron chi connectivity index (χ4n) is 1.72. The van der Waals surface area contributed by atoms with Gasteiger partial charge in [-0.2, -0.15) is 0 Å². The summed E-state index contributed by atoms with van der Waals surface area (Å²) in [4.78, 5) is 7.03. The lowest BCUT2D eigenvalue weighted by Gasteiger charge is -2.14. The molecule has 1 N–H and O–H groups in total. The summed E-state index contributed by atoms with van der Waals surface area (Å²) in [6, 6.07) is 1.12. The highest BCUT2D eigenvalue weighted by Gasteiger charge is 2.28. The van der Waals surface area contributed by atoms with E-state index in [0.29, 0.717) is 6.04 Å². The lowest BCUT2D eigenvalue weighted by Crippen LogP contribution is -2.21. The Hall–Kier alpha value is -0.610. The Bertz CT molecular complexity index is 333. The molecule has 90 valence electrons. The molecule has 1 aromatic rings. The molecule has 1 heterocycles. The van der Waals surface area contributed by atoms with Crippen LogP contribution in [0.2, 0.25) is 0 Å².